The first-order valence-electron chi connectivity index (χ1n) is 8.37. The van der Waals surface area contributed by atoms with Crippen LogP contribution in [-0.4, -0.2) is 12.6 Å². The van der Waals surface area contributed by atoms with Gasteiger partial charge in [-0.1, -0.05) is 12.1 Å². The summed E-state index contributed by atoms with van der Waals surface area (Å²) in [5, 5.41) is 0. The van der Waals surface area contributed by atoms with Crippen molar-refractivity contribution in [3.8, 4) is 0 Å². The van der Waals surface area contributed by atoms with Gasteiger partial charge >= 0.3 is 0 Å². The molecule has 1 nitrogen and oxygen atoms in total. The maximum Gasteiger partial charge on any atom is 0.0407 e. The Morgan fingerprint density at radius 1 is 0.950 bits per heavy atom. The van der Waals surface area contributed by atoms with Gasteiger partial charge in [0.25, 0.3) is 0 Å². The standard InChI is InChI=1S/C19H27N/c1-13-4-5-14(2)18(6-13)20(3)19-10-15-7-16(11-19)9-17(8-15)12-19/h4-6,15-17H,7-12H2,1-3H3. The van der Waals surface area contributed by atoms with E-state index in [0.29, 0.717) is 5.54 Å². The van der Waals surface area contributed by atoms with E-state index in [-0.39, 0.29) is 0 Å². The van der Waals surface area contributed by atoms with Gasteiger partial charge in [0.15, 0.2) is 0 Å². The largest absolute Gasteiger partial charge is 0.369 e. The summed E-state index contributed by atoms with van der Waals surface area (Å²) in [6.07, 6.45) is 8.92. The number of anilines is 1. The summed E-state index contributed by atoms with van der Waals surface area (Å²) >= 11 is 0. The number of rotatable bonds is 2. The van der Waals surface area contributed by atoms with Crippen LogP contribution >= 0.6 is 0 Å². The van der Waals surface area contributed by atoms with Crippen molar-refractivity contribution in [2.24, 2.45) is 17.8 Å². The smallest absolute Gasteiger partial charge is 0.0407 e. The van der Waals surface area contributed by atoms with Crippen LogP contribution in [0.15, 0.2) is 18.2 Å². The second-order valence-corrected chi connectivity index (χ2v) is 7.99. The van der Waals surface area contributed by atoms with Crippen molar-refractivity contribution in [1.29, 1.82) is 0 Å². The van der Waals surface area contributed by atoms with E-state index in [9.17, 15) is 0 Å². The molecule has 0 N–H and O–H groups in total. The van der Waals surface area contributed by atoms with E-state index >= 15 is 0 Å². The normalized spacial score (nSPS) is 38.2. The first-order valence-corrected chi connectivity index (χ1v) is 8.37. The van der Waals surface area contributed by atoms with Crippen LogP contribution in [0.3, 0.4) is 0 Å². The van der Waals surface area contributed by atoms with E-state index in [0.717, 1.165) is 17.8 Å². The Morgan fingerprint density at radius 2 is 1.50 bits per heavy atom. The number of nitrogens with zero attached hydrogens (tertiary/aromatic N) is 1. The molecule has 4 saturated carbocycles. The van der Waals surface area contributed by atoms with Crippen molar-refractivity contribution >= 4 is 5.69 Å². The summed E-state index contributed by atoms with van der Waals surface area (Å²) in [5.41, 5.74) is 4.79. The van der Waals surface area contributed by atoms with Crippen molar-refractivity contribution in [3.63, 3.8) is 0 Å². The van der Waals surface area contributed by atoms with Gasteiger partial charge in [0.05, 0.1) is 0 Å². The van der Waals surface area contributed by atoms with Crippen molar-refractivity contribution in [2.75, 3.05) is 11.9 Å². The van der Waals surface area contributed by atoms with Crippen LogP contribution < -0.4 is 4.90 Å². The van der Waals surface area contributed by atoms with E-state index in [4.69, 9.17) is 0 Å². The van der Waals surface area contributed by atoms with Crippen LogP contribution in [0.2, 0.25) is 0 Å². The highest BCUT2D eigenvalue weighted by Gasteiger charge is 2.52. The molecule has 1 aromatic rings. The summed E-state index contributed by atoms with van der Waals surface area (Å²) in [6.45, 7) is 4.49. The number of aryl methyl sites for hydroxylation is 2. The molecule has 20 heavy (non-hydrogen) atoms. The van der Waals surface area contributed by atoms with Crippen molar-refractivity contribution in [3.05, 3.63) is 29.3 Å². The molecule has 1 aromatic carbocycles. The molecule has 0 saturated heterocycles. The molecule has 4 bridgehead atoms. The third-order valence-electron chi connectivity index (χ3n) is 6.44. The van der Waals surface area contributed by atoms with E-state index in [1.165, 1.54) is 55.3 Å². The van der Waals surface area contributed by atoms with Gasteiger partial charge in [-0.2, -0.15) is 0 Å². The van der Waals surface area contributed by atoms with Crippen LogP contribution in [0, 0.1) is 31.6 Å². The molecule has 108 valence electrons. The van der Waals surface area contributed by atoms with Gasteiger partial charge in [0.2, 0.25) is 0 Å². The summed E-state index contributed by atoms with van der Waals surface area (Å²) < 4.78 is 0. The second kappa shape index (κ2) is 4.26. The molecule has 0 atom stereocenters. The van der Waals surface area contributed by atoms with Gasteiger partial charge in [-0.05, 0) is 87.3 Å². The average molecular weight is 269 g/mol. The summed E-state index contributed by atoms with van der Waals surface area (Å²) in [6, 6.07) is 6.93. The van der Waals surface area contributed by atoms with E-state index in [2.05, 4.69) is 44.0 Å². The maximum absolute atomic E-state index is 2.68. The Hall–Kier alpha value is -0.980. The fraction of sp³-hybridized carbons (Fsp3) is 0.684. The fourth-order valence-corrected chi connectivity index (χ4v) is 5.81. The topological polar surface area (TPSA) is 3.24 Å². The predicted molar refractivity (Wildman–Crippen MR) is 85.2 cm³/mol. The zero-order chi connectivity index (χ0) is 13.9. The molecule has 4 aliphatic carbocycles. The lowest BCUT2D eigenvalue weighted by atomic mass is 9.52. The van der Waals surface area contributed by atoms with E-state index < -0.39 is 0 Å². The number of benzene rings is 1. The highest BCUT2D eigenvalue weighted by atomic mass is 15.2. The molecule has 0 heterocycles. The first-order chi connectivity index (χ1) is 9.56. The van der Waals surface area contributed by atoms with Gasteiger partial charge in [-0.15, -0.1) is 0 Å². The molecule has 0 aromatic heterocycles. The highest BCUT2D eigenvalue weighted by molar-refractivity contribution is 5.56. The second-order valence-electron chi connectivity index (χ2n) is 7.99. The lowest BCUT2D eigenvalue weighted by molar-refractivity contribution is -0.00205. The Labute approximate surface area is 123 Å². The molecule has 4 fully saturated rings. The minimum atomic E-state index is 0.479. The zero-order valence-electron chi connectivity index (χ0n) is 13.2. The van der Waals surface area contributed by atoms with Crippen molar-refractivity contribution in [1.82, 2.24) is 0 Å². The van der Waals surface area contributed by atoms with Crippen LogP contribution in [-0.2, 0) is 0 Å². The molecule has 5 rings (SSSR count). The lowest BCUT2D eigenvalue weighted by Crippen LogP contribution is -2.59. The quantitative estimate of drug-likeness (QED) is 0.751. The summed E-state index contributed by atoms with van der Waals surface area (Å²) in [7, 11) is 2.37. The average Bonchev–Trinajstić information content (AvgIpc) is 2.39. The monoisotopic (exact) mass is 269 g/mol. The fourth-order valence-electron chi connectivity index (χ4n) is 5.81. The van der Waals surface area contributed by atoms with Gasteiger partial charge < -0.3 is 4.90 Å². The summed E-state index contributed by atoms with van der Waals surface area (Å²) in [5.74, 6) is 3.07. The van der Waals surface area contributed by atoms with Crippen molar-refractivity contribution < 1.29 is 0 Å². The summed E-state index contributed by atoms with van der Waals surface area (Å²) in [4.78, 5) is 2.68. The SMILES string of the molecule is Cc1ccc(C)c(N(C)C23CC4CC(CC(C4)C2)C3)c1. The van der Waals surface area contributed by atoms with Crippen LogP contribution in [0.5, 0.6) is 0 Å². The highest BCUT2D eigenvalue weighted by Crippen LogP contribution is 2.58. The zero-order valence-corrected chi connectivity index (χ0v) is 13.2. The molecule has 0 amide bonds. The molecule has 0 spiro atoms. The van der Waals surface area contributed by atoms with Gasteiger partial charge in [0.1, 0.15) is 0 Å². The molecule has 4 aliphatic rings. The minimum Gasteiger partial charge on any atom is -0.369 e. The van der Waals surface area contributed by atoms with E-state index in [1.54, 1.807) is 0 Å². The molecule has 1 heteroatoms. The van der Waals surface area contributed by atoms with Crippen molar-refractivity contribution in [2.45, 2.75) is 57.9 Å². The number of hydrogen-bond acceptors (Lipinski definition) is 1. The third-order valence-corrected chi connectivity index (χ3v) is 6.44. The Balaban J connectivity index is 1.71. The molecule has 0 aliphatic heterocycles. The lowest BCUT2D eigenvalue weighted by Gasteiger charge is -2.60. The van der Waals surface area contributed by atoms with Crippen LogP contribution in [0.25, 0.3) is 0 Å². The Bertz CT molecular complexity index is 495. The van der Waals surface area contributed by atoms with Crippen LogP contribution in [0.4, 0.5) is 5.69 Å². The number of hydrogen-bond donors (Lipinski definition) is 0. The Kier molecular flexibility index (Phi) is 2.71. The molecular formula is C19H27N. The van der Waals surface area contributed by atoms with Gasteiger partial charge in [-0.25, -0.2) is 0 Å². The first kappa shape index (κ1) is 12.7. The molecule has 0 radical (unpaired) electrons. The Morgan fingerprint density at radius 3 is 2.05 bits per heavy atom. The molecule has 0 unspecified atom stereocenters. The van der Waals surface area contributed by atoms with Crippen LogP contribution in [0.1, 0.15) is 49.7 Å². The van der Waals surface area contributed by atoms with E-state index in [1.807, 2.05) is 0 Å². The third kappa shape index (κ3) is 1.82. The van der Waals surface area contributed by atoms with Gasteiger partial charge in [0, 0.05) is 18.3 Å². The molecular weight excluding hydrogens is 242 g/mol. The predicted octanol–water partition coefficient (Wildman–Crippen LogP) is 4.71. The minimum absolute atomic E-state index is 0.479. The maximum atomic E-state index is 2.68. The van der Waals surface area contributed by atoms with Gasteiger partial charge in [-0.3, -0.25) is 0 Å².